The summed E-state index contributed by atoms with van der Waals surface area (Å²) >= 11 is 0. The molecule has 2 amide bonds. The first-order valence-corrected chi connectivity index (χ1v) is 8.71. The van der Waals surface area contributed by atoms with Crippen LogP contribution in [0.3, 0.4) is 0 Å². The molecule has 0 atom stereocenters. The average Bonchev–Trinajstić information content (AvgIpc) is 2.66. The summed E-state index contributed by atoms with van der Waals surface area (Å²) in [4.78, 5) is 32.6. The van der Waals surface area contributed by atoms with Gasteiger partial charge >= 0.3 is 0 Å². The molecule has 6 nitrogen and oxygen atoms in total. The van der Waals surface area contributed by atoms with Crippen molar-refractivity contribution < 1.29 is 9.59 Å². The number of benzene rings is 1. The zero-order chi connectivity index (χ0) is 19.1. The molecule has 2 rings (SSSR count). The van der Waals surface area contributed by atoms with Gasteiger partial charge in [-0.1, -0.05) is 13.3 Å². The smallest absolute Gasteiger partial charge is 0.257 e. The molecule has 2 aromatic rings. The highest BCUT2D eigenvalue weighted by Gasteiger charge is 2.15. The van der Waals surface area contributed by atoms with Crippen LogP contribution in [0.5, 0.6) is 0 Å². The first-order valence-electron chi connectivity index (χ1n) is 8.71. The highest BCUT2D eigenvalue weighted by Crippen LogP contribution is 2.16. The Labute approximate surface area is 154 Å². The minimum Gasteiger partial charge on any atom is -0.378 e. The van der Waals surface area contributed by atoms with Crippen LogP contribution in [-0.4, -0.2) is 49.4 Å². The predicted molar refractivity (Wildman–Crippen MR) is 105 cm³/mol. The van der Waals surface area contributed by atoms with Gasteiger partial charge in [0.25, 0.3) is 11.8 Å². The number of aromatic nitrogens is 1. The maximum absolute atomic E-state index is 12.5. The number of hydrogen-bond donors (Lipinski definition) is 1. The molecule has 0 aliphatic heterocycles. The van der Waals surface area contributed by atoms with Gasteiger partial charge in [-0.3, -0.25) is 14.6 Å². The van der Waals surface area contributed by atoms with Gasteiger partial charge < -0.3 is 15.1 Å². The van der Waals surface area contributed by atoms with E-state index in [9.17, 15) is 9.59 Å². The summed E-state index contributed by atoms with van der Waals surface area (Å²) in [5, 5.41) is 2.83. The van der Waals surface area contributed by atoms with Crippen molar-refractivity contribution in [2.45, 2.75) is 19.8 Å². The van der Waals surface area contributed by atoms with Crippen molar-refractivity contribution in [1.29, 1.82) is 0 Å². The van der Waals surface area contributed by atoms with Crippen molar-refractivity contribution in [3.8, 4) is 0 Å². The third-order valence-electron chi connectivity index (χ3n) is 4.08. The maximum Gasteiger partial charge on any atom is 0.257 e. The topological polar surface area (TPSA) is 65.5 Å². The number of rotatable bonds is 7. The van der Waals surface area contributed by atoms with Crippen molar-refractivity contribution in [3.05, 3.63) is 53.9 Å². The highest BCUT2D eigenvalue weighted by molar-refractivity contribution is 6.05. The summed E-state index contributed by atoms with van der Waals surface area (Å²) in [5.41, 5.74) is 2.51. The molecule has 0 radical (unpaired) electrons. The van der Waals surface area contributed by atoms with E-state index in [4.69, 9.17) is 0 Å². The van der Waals surface area contributed by atoms with E-state index in [-0.39, 0.29) is 11.8 Å². The Morgan fingerprint density at radius 2 is 1.69 bits per heavy atom. The summed E-state index contributed by atoms with van der Waals surface area (Å²) in [5.74, 6) is -0.420. The van der Waals surface area contributed by atoms with Gasteiger partial charge in [0.2, 0.25) is 0 Å². The second kappa shape index (κ2) is 8.99. The largest absolute Gasteiger partial charge is 0.378 e. The second-order valence-corrected chi connectivity index (χ2v) is 6.44. The Hall–Kier alpha value is -2.89. The minimum absolute atomic E-state index is 0.129. The van der Waals surface area contributed by atoms with Crippen LogP contribution in [0.2, 0.25) is 0 Å². The number of nitrogens with zero attached hydrogens (tertiary/aromatic N) is 3. The van der Waals surface area contributed by atoms with Crippen LogP contribution in [-0.2, 0) is 0 Å². The number of amides is 2. The lowest BCUT2D eigenvalue weighted by Crippen LogP contribution is -2.28. The van der Waals surface area contributed by atoms with Crippen LogP contribution in [0, 0.1) is 0 Å². The Bertz CT molecular complexity index is 757. The lowest BCUT2D eigenvalue weighted by molar-refractivity contribution is 0.0793. The van der Waals surface area contributed by atoms with Gasteiger partial charge in [-0.2, -0.15) is 0 Å². The highest BCUT2D eigenvalue weighted by atomic mass is 16.2. The van der Waals surface area contributed by atoms with Gasteiger partial charge in [0.1, 0.15) is 0 Å². The third kappa shape index (κ3) is 5.05. The Balaban J connectivity index is 2.08. The second-order valence-electron chi connectivity index (χ2n) is 6.44. The van der Waals surface area contributed by atoms with Crippen LogP contribution in [0.1, 0.15) is 40.5 Å². The predicted octanol–water partition coefficient (Wildman–Crippen LogP) is 3.27. The Morgan fingerprint density at radius 3 is 2.31 bits per heavy atom. The molecule has 0 bridgehead atoms. The van der Waals surface area contributed by atoms with Crippen molar-refractivity contribution in [2.24, 2.45) is 0 Å². The number of anilines is 2. The molecule has 6 heteroatoms. The number of unbranched alkanes of at least 4 members (excludes halogenated alkanes) is 1. The quantitative estimate of drug-likeness (QED) is 0.829. The van der Waals surface area contributed by atoms with Crippen molar-refractivity contribution in [2.75, 3.05) is 37.9 Å². The van der Waals surface area contributed by atoms with Gasteiger partial charge in [0.05, 0.1) is 11.1 Å². The van der Waals surface area contributed by atoms with E-state index in [1.165, 1.54) is 12.4 Å². The molecule has 0 aliphatic carbocycles. The Kier molecular flexibility index (Phi) is 6.72. The molecule has 0 fully saturated rings. The van der Waals surface area contributed by atoms with E-state index >= 15 is 0 Å². The molecular formula is C20H26N4O2. The lowest BCUT2D eigenvalue weighted by atomic mass is 10.1. The number of hydrogen-bond acceptors (Lipinski definition) is 4. The van der Waals surface area contributed by atoms with Crippen LogP contribution in [0.15, 0.2) is 42.7 Å². The molecule has 0 aliphatic rings. The van der Waals surface area contributed by atoms with Gasteiger partial charge in [0.15, 0.2) is 0 Å². The van der Waals surface area contributed by atoms with Gasteiger partial charge in [-0.15, -0.1) is 0 Å². The molecule has 1 aromatic carbocycles. The number of carbonyl (C=O) groups excluding carboxylic acids is 2. The summed E-state index contributed by atoms with van der Waals surface area (Å²) in [7, 11) is 5.68. The number of pyridine rings is 1. The van der Waals surface area contributed by atoms with Crippen molar-refractivity contribution in [3.63, 3.8) is 0 Å². The van der Waals surface area contributed by atoms with Gasteiger partial charge in [-0.05, 0) is 36.8 Å². The SMILES string of the molecule is CCCCN(C)C(=O)c1cncc(C(=O)Nc2ccc(N(C)C)cc2)c1. The van der Waals surface area contributed by atoms with Gasteiger partial charge in [-0.25, -0.2) is 0 Å². The number of carbonyl (C=O) groups is 2. The van der Waals surface area contributed by atoms with E-state index in [1.54, 1.807) is 18.0 Å². The van der Waals surface area contributed by atoms with E-state index < -0.39 is 0 Å². The first-order chi connectivity index (χ1) is 12.4. The molecular weight excluding hydrogens is 328 g/mol. The summed E-state index contributed by atoms with van der Waals surface area (Å²) < 4.78 is 0. The monoisotopic (exact) mass is 354 g/mol. The van der Waals surface area contributed by atoms with E-state index in [0.717, 1.165) is 18.5 Å². The standard InChI is InChI=1S/C20H26N4O2/c1-5-6-11-24(4)20(26)16-12-15(13-21-14-16)19(25)22-17-7-9-18(10-8-17)23(2)3/h7-10,12-14H,5-6,11H2,1-4H3,(H,22,25). The number of nitrogens with one attached hydrogen (secondary N) is 1. The molecule has 26 heavy (non-hydrogen) atoms. The molecule has 1 aromatic heterocycles. The lowest BCUT2D eigenvalue weighted by Gasteiger charge is -2.17. The molecule has 0 saturated heterocycles. The first kappa shape index (κ1) is 19.4. The molecule has 0 unspecified atom stereocenters. The molecule has 1 N–H and O–H groups in total. The van der Waals surface area contributed by atoms with E-state index in [1.807, 2.05) is 43.3 Å². The van der Waals surface area contributed by atoms with Crippen LogP contribution in [0.4, 0.5) is 11.4 Å². The maximum atomic E-state index is 12.5. The zero-order valence-corrected chi connectivity index (χ0v) is 15.8. The fourth-order valence-corrected chi connectivity index (χ4v) is 2.44. The summed E-state index contributed by atoms with van der Waals surface area (Å²) in [6.07, 6.45) is 4.92. The fraction of sp³-hybridized carbons (Fsp3) is 0.350. The third-order valence-corrected chi connectivity index (χ3v) is 4.08. The van der Waals surface area contributed by atoms with Gasteiger partial charge in [0, 0.05) is 51.5 Å². The molecule has 0 spiro atoms. The zero-order valence-electron chi connectivity index (χ0n) is 15.8. The van der Waals surface area contributed by atoms with Crippen molar-refractivity contribution >= 4 is 23.2 Å². The summed E-state index contributed by atoms with van der Waals surface area (Å²) in [6, 6.07) is 9.12. The Morgan fingerprint density at radius 1 is 1.04 bits per heavy atom. The fourth-order valence-electron chi connectivity index (χ4n) is 2.44. The summed E-state index contributed by atoms with van der Waals surface area (Å²) in [6.45, 7) is 2.76. The minimum atomic E-state index is -0.291. The van der Waals surface area contributed by atoms with E-state index in [2.05, 4.69) is 17.2 Å². The molecule has 1 heterocycles. The van der Waals surface area contributed by atoms with Crippen LogP contribution < -0.4 is 10.2 Å². The normalized spacial score (nSPS) is 10.3. The molecule has 0 saturated carbocycles. The average molecular weight is 354 g/mol. The van der Waals surface area contributed by atoms with Crippen molar-refractivity contribution in [1.82, 2.24) is 9.88 Å². The van der Waals surface area contributed by atoms with Crippen LogP contribution in [0.25, 0.3) is 0 Å². The molecule has 138 valence electrons. The van der Waals surface area contributed by atoms with Crippen LogP contribution >= 0.6 is 0 Å². The van der Waals surface area contributed by atoms with E-state index in [0.29, 0.717) is 23.4 Å².